The second-order valence-corrected chi connectivity index (χ2v) is 4.71. The van der Waals surface area contributed by atoms with Gasteiger partial charge in [0.15, 0.2) is 0 Å². The van der Waals surface area contributed by atoms with Gasteiger partial charge in [0.2, 0.25) is 0 Å². The lowest BCUT2D eigenvalue weighted by atomic mass is 10.1. The Labute approximate surface area is 123 Å². The van der Waals surface area contributed by atoms with E-state index in [1.807, 2.05) is 32.9 Å². The van der Waals surface area contributed by atoms with Crippen molar-refractivity contribution in [2.45, 2.75) is 34.1 Å². The number of benzene rings is 1. The van der Waals surface area contributed by atoms with E-state index >= 15 is 0 Å². The Morgan fingerprint density at radius 1 is 1.10 bits per heavy atom. The zero-order chi connectivity index (χ0) is 15.4. The van der Waals surface area contributed by atoms with Crippen LogP contribution in [0, 0.1) is 20.8 Å². The number of carbonyl (C=O) groups excluding carboxylic acids is 1. The first-order valence-electron chi connectivity index (χ1n) is 6.65. The first kappa shape index (κ1) is 14.9. The van der Waals surface area contributed by atoms with Crippen molar-refractivity contribution in [2.75, 3.05) is 0 Å². The van der Waals surface area contributed by atoms with Crippen LogP contribution in [-0.4, -0.2) is 20.9 Å². The highest BCUT2D eigenvalue weighted by atomic mass is 16.6. The van der Waals surface area contributed by atoms with Crippen LogP contribution in [0.25, 0.3) is 0 Å². The number of hydrogen-bond donors (Lipinski definition) is 0. The average Bonchev–Trinajstić information content (AvgIpc) is 2.43. The molecular weight excluding hydrogens is 270 g/mol. The first-order valence-corrected chi connectivity index (χ1v) is 6.65. The smallest absolute Gasteiger partial charge is 0.330 e. The van der Waals surface area contributed by atoms with Crippen molar-refractivity contribution in [3.05, 3.63) is 35.2 Å². The third kappa shape index (κ3) is 3.75. The highest BCUT2D eigenvalue weighted by molar-refractivity contribution is 5.70. The predicted molar refractivity (Wildman–Crippen MR) is 76.5 cm³/mol. The van der Waals surface area contributed by atoms with Crippen molar-refractivity contribution < 1.29 is 14.3 Å². The Morgan fingerprint density at radius 3 is 2.33 bits per heavy atom. The second-order valence-electron chi connectivity index (χ2n) is 4.71. The monoisotopic (exact) mass is 287 g/mol. The fraction of sp³-hybridized carbons (Fsp3) is 0.333. The highest BCUT2D eigenvalue weighted by Crippen LogP contribution is 2.28. The van der Waals surface area contributed by atoms with Crippen molar-refractivity contribution in [2.24, 2.45) is 0 Å². The molecule has 1 aromatic heterocycles. The normalized spacial score (nSPS) is 10.3. The molecule has 0 saturated heterocycles. The molecule has 0 spiro atoms. The van der Waals surface area contributed by atoms with E-state index in [1.54, 1.807) is 6.92 Å². The van der Waals surface area contributed by atoms with Crippen LogP contribution in [0.15, 0.2) is 18.5 Å². The van der Waals surface area contributed by atoms with Crippen LogP contribution < -0.4 is 9.47 Å². The molecule has 6 nitrogen and oxygen atoms in total. The van der Waals surface area contributed by atoms with Crippen LogP contribution >= 0.6 is 0 Å². The SMILES string of the molecule is CCC(=O)Oc1ncnc(Oc2c(C)cc(C)cc2C)n1. The van der Waals surface area contributed by atoms with Gasteiger partial charge in [0.1, 0.15) is 12.1 Å². The Kier molecular flexibility index (Phi) is 4.47. The number of aryl methyl sites for hydroxylation is 3. The molecule has 0 unspecified atom stereocenters. The summed E-state index contributed by atoms with van der Waals surface area (Å²) in [5.74, 6) is 0.286. The third-order valence-electron chi connectivity index (χ3n) is 2.82. The summed E-state index contributed by atoms with van der Waals surface area (Å²) in [4.78, 5) is 22.9. The van der Waals surface area contributed by atoms with Crippen LogP contribution in [0.5, 0.6) is 17.8 Å². The summed E-state index contributed by atoms with van der Waals surface area (Å²) in [5.41, 5.74) is 3.13. The van der Waals surface area contributed by atoms with E-state index in [4.69, 9.17) is 9.47 Å². The fourth-order valence-electron chi connectivity index (χ4n) is 1.96. The molecule has 0 radical (unpaired) electrons. The van der Waals surface area contributed by atoms with Gasteiger partial charge in [0.05, 0.1) is 0 Å². The van der Waals surface area contributed by atoms with Gasteiger partial charge in [0, 0.05) is 6.42 Å². The van der Waals surface area contributed by atoms with E-state index in [0.717, 1.165) is 16.7 Å². The van der Waals surface area contributed by atoms with Gasteiger partial charge < -0.3 is 9.47 Å². The van der Waals surface area contributed by atoms with E-state index in [-0.39, 0.29) is 18.4 Å². The van der Waals surface area contributed by atoms with Crippen molar-refractivity contribution in [3.8, 4) is 17.8 Å². The van der Waals surface area contributed by atoms with Crippen LogP contribution in [0.2, 0.25) is 0 Å². The molecule has 6 heteroatoms. The van der Waals surface area contributed by atoms with Crippen molar-refractivity contribution in [3.63, 3.8) is 0 Å². The van der Waals surface area contributed by atoms with Crippen LogP contribution in [0.3, 0.4) is 0 Å². The van der Waals surface area contributed by atoms with E-state index in [9.17, 15) is 4.79 Å². The molecule has 0 aliphatic carbocycles. The van der Waals surface area contributed by atoms with Crippen molar-refractivity contribution >= 4 is 5.97 Å². The van der Waals surface area contributed by atoms with Crippen LogP contribution in [-0.2, 0) is 4.79 Å². The topological polar surface area (TPSA) is 74.2 Å². The summed E-state index contributed by atoms with van der Waals surface area (Å²) >= 11 is 0. The molecule has 1 aromatic carbocycles. The van der Waals surface area contributed by atoms with Gasteiger partial charge in [-0.3, -0.25) is 4.79 Å². The molecule has 0 fully saturated rings. The molecule has 2 aromatic rings. The standard InChI is InChI=1S/C15H17N3O3/c1-5-12(19)20-14-16-8-17-15(18-14)21-13-10(3)6-9(2)7-11(13)4/h6-8H,5H2,1-4H3. The van der Waals surface area contributed by atoms with Gasteiger partial charge in [-0.15, -0.1) is 4.98 Å². The number of rotatable bonds is 4. The number of carbonyl (C=O) groups is 1. The van der Waals surface area contributed by atoms with Gasteiger partial charge in [-0.25, -0.2) is 0 Å². The number of aromatic nitrogens is 3. The summed E-state index contributed by atoms with van der Waals surface area (Å²) in [6, 6.07) is 4.07. The minimum Gasteiger partial charge on any atom is -0.424 e. The molecule has 0 bridgehead atoms. The molecule has 0 aliphatic rings. The molecule has 21 heavy (non-hydrogen) atoms. The predicted octanol–water partition coefficient (Wildman–Crippen LogP) is 2.90. The highest BCUT2D eigenvalue weighted by Gasteiger charge is 2.11. The number of nitrogens with zero attached hydrogens (tertiary/aromatic N) is 3. The largest absolute Gasteiger partial charge is 0.424 e. The van der Waals surface area contributed by atoms with Gasteiger partial charge >= 0.3 is 18.0 Å². The van der Waals surface area contributed by atoms with Gasteiger partial charge in [-0.2, -0.15) is 9.97 Å². The average molecular weight is 287 g/mol. The number of esters is 1. The van der Waals surface area contributed by atoms with Gasteiger partial charge in [-0.1, -0.05) is 24.6 Å². The zero-order valence-corrected chi connectivity index (χ0v) is 12.5. The maximum Gasteiger partial charge on any atom is 0.330 e. The molecule has 0 N–H and O–H groups in total. The summed E-state index contributed by atoms with van der Waals surface area (Å²) in [7, 11) is 0. The lowest BCUT2D eigenvalue weighted by Gasteiger charge is -2.11. The van der Waals surface area contributed by atoms with Crippen molar-refractivity contribution in [1.29, 1.82) is 0 Å². The second kappa shape index (κ2) is 6.30. The van der Waals surface area contributed by atoms with E-state index < -0.39 is 5.97 Å². The van der Waals surface area contributed by atoms with E-state index in [1.165, 1.54) is 6.33 Å². The summed E-state index contributed by atoms with van der Waals surface area (Å²) < 4.78 is 10.6. The lowest BCUT2D eigenvalue weighted by Crippen LogP contribution is -2.09. The zero-order valence-electron chi connectivity index (χ0n) is 12.5. The first-order chi connectivity index (χ1) is 9.99. The Bertz CT molecular complexity index is 648. The van der Waals surface area contributed by atoms with Gasteiger partial charge in [0.25, 0.3) is 0 Å². The molecule has 0 amide bonds. The van der Waals surface area contributed by atoms with E-state index in [2.05, 4.69) is 15.0 Å². The lowest BCUT2D eigenvalue weighted by molar-refractivity contribution is -0.134. The molecule has 110 valence electrons. The molecule has 0 saturated carbocycles. The van der Waals surface area contributed by atoms with Crippen LogP contribution in [0.1, 0.15) is 30.0 Å². The summed E-state index contributed by atoms with van der Waals surface area (Å²) in [6.45, 7) is 7.62. The minimum absolute atomic E-state index is 0.0609. The molecule has 0 atom stereocenters. The van der Waals surface area contributed by atoms with Crippen molar-refractivity contribution in [1.82, 2.24) is 15.0 Å². The molecule has 0 aliphatic heterocycles. The maximum atomic E-state index is 11.2. The summed E-state index contributed by atoms with van der Waals surface area (Å²) in [6.07, 6.45) is 1.50. The van der Waals surface area contributed by atoms with E-state index in [0.29, 0.717) is 5.75 Å². The van der Waals surface area contributed by atoms with Crippen LogP contribution in [0.4, 0.5) is 0 Å². The Balaban J connectivity index is 2.24. The Morgan fingerprint density at radius 2 is 1.71 bits per heavy atom. The number of hydrogen-bond acceptors (Lipinski definition) is 6. The Hall–Kier alpha value is -2.50. The fourth-order valence-corrected chi connectivity index (χ4v) is 1.96. The number of ether oxygens (including phenoxy) is 2. The third-order valence-corrected chi connectivity index (χ3v) is 2.82. The maximum absolute atomic E-state index is 11.2. The molecule has 2 rings (SSSR count). The minimum atomic E-state index is -0.408. The quantitative estimate of drug-likeness (QED) is 0.805. The molecular formula is C15H17N3O3. The van der Waals surface area contributed by atoms with Gasteiger partial charge in [-0.05, 0) is 31.9 Å². The summed E-state index contributed by atoms with van der Waals surface area (Å²) in [5, 5.41) is 0. The molecule has 1 heterocycles.